The first-order valence-corrected chi connectivity index (χ1v) is 6.04. The maximum Gasteiger partial charge on any atom is 0.407 e. The van der Waals surface area contributed by atoms with Gasteiger partial charge in [-0.05, 0) is 28.8 Å². The van der Waals surface area contributed by atoms with Crippen LogP contribution < -0.4 is 0 Å². The molecule has 0 aliphatic carbocycles. The number of hydrogen-bond acceptors (Lipinski definition) is 2. The molecule has 16 heavy (non-hydrogen) atoms. The molecule has 1 N–H and O–H groups in total. The predicted octanol–water partition coefficient (Wildman–Crippen LogP) is 2.04. The second kappa shape index (κ2) is 4.45. The average molecular weight is 288 g/mol. The van der Waals surface area contributed by atoms with E-state index in [9.17, 15) is 4.79 Å². The Kier molecular flexibility index (Phi) is 3.18. The Morgan fingerprint density at radius 2 is 2.44 bits per heavy atom. The van der Waals surface area contributed by atoms with E-state index in [1.165, 1.54) is 4.90 Å². The molecule has 0 bridgehead atoms. The molecule has 88 valence electrons. The van der Waals surface area contributed by atoms with Crippen molar-refractivity contribution in [2.45, 2.75) is 18.8 Å². The van der Waals surface area contributed by atoms with Gasteiger partial charge in [-0.15, -0.1) is 0 Å². The quantitative estimate of drug-likeness (QED) is 0.860. The van der Waals surface area contributed by atoms with Crippen LogP contribution in [-0.2, 0) is 7.05 Å². The number of likely N-dealkylation sites (tertiary alicyclic amines) is 1. The Bertz CT molecular complexity index is 385. The third kappa shape index (κ3) is 2.07. The molecule has 0 radical (unpaired) electrons. The van der Waals surface area contributed by atoms with Gasteiger partial charge >= 0.3 is 6.09 Å². The lowest BCUT2D eigenvalue weighted by Crippen LogP contribution is -2.38. The van der Waals surface area contributed by atoms with E-state index in [-0.39, 0.29) is 5.92 Å². The summed E-state index contributed by atoms with van der Waals surface area (Å²) in [5.74, 6) is 0.242. The van der Waals surface area contributed by atoms with Crippen LogP contribution in [0.25, 0.3) is 0 Å². The first kappa shape index (κ1) is 11.4. The largest absolute Gasteiger partial charge is 0.465 e. The molecule has 1 aliphatic heterocycles. The van der Waals surface area contributed by atoms with Crippen LogP contribution in [0.15, 0.2) is 10.7 Å². The van der Waals surface area contributed by atoms with E-state index in [0.717, 1.165) is 23.0 Å². The van der Waals surface area contributed by atoms with Crippen LogP contribution in [0.4, 0.5) is 4.79 Å². The molecule has 5 nitrogen and oxygen atoms in total. The zero-order valence-electron chi connectivity index (χ0n) is 9.06. The van der Waals surface area contributed by atoms with Crippen LogP contribution in [-0.4, -0.2) is 39.0 Å². The third-order valence-electron chi connectivity index (χ3n) is 3.02. The van der Waals surface area contributed by atoms with Gasteiger partial charge in [0.05, 0.1) is 16.4 Å². The number of carboxylic acid groups (broad SMARTS) is 1. The molecule has 1 aromatic heterocycles. The van der Waals surface area contributed by atoms with Crippen LogP contribution in [0.2, 0.25) is 0 Å². The van der Waals surface area contributed by atoms with Crippen LogP contribution in [0.3, 0.4) is 0 Å². The smallest absolute Gasteiger partial charge is 0.407 e. The Morgan fingerprint density at radius 1 is 1.69 bits per heavy atom. The van der Waals surface area contributed by atoms with Crippen LogP contribution in [0.1, 0.15) is 24.5 Å². The van der Waals surface area contributed by atoms with Crippen LogP contribution >= 0.6 is 15.9 Å². The topological polar surface area (TPSA) is 58.4 Å². The predicted molar refractivity (Wildman–Crippen MR) is 62.5 cm³/mol. The maximum atomic E-state index is 10.9. The molecule has 1 saturated heterocycles. The highest BCUT2D eigenvalue weighted by atomic mass is 79.9. The zero-order chi connectivity index (χ0) is 11.7. The van der Waals surface area contributed by atoms with E-state index in [4.69, 9.17) is 5.11 Å². The van der Waals surface area contributed by atoms with Crippen molar-refractivity contribution in [3.05, 3.63) is 16.4 Å². The van der Waals surface area contributed by atoms with Gasteiger partial charge in [-0.2, -0.15) is 5.10 Å². The van der Waals surface area contributed by atoms with Crippen molar-refractivity contribution in [1.82, 2.24) is 14.7 Å². The van der Waals surface area contributed by atoms with Gasteiger partial charge in [-0.3, -0.25) is 4.68 Å². The minimum Gasteiger partial charge on any atom is -0.465 e. The van der Waals surface area contributed by atoms with Crippen molar-refractivity contribution in [2.75, 3.05) is 13.1 Å². The van der Waals surface area contributed by atoms with Gasteiger partial charge in [0.2, 0.25) is 0 Å². The van der Waals surface area contributed by atoms with Gasteiger partial charge in [0.25, 0.3) is 0 Å². The fourth-order valence-electron chi connectivity index (χ4n) is 2.25. The summed E-state index contributed by atoms with van der Waals surface area (Å²) in [5.41, 5.74) is 1.09. The number of halogens is 1. The summed E-state index contributed by atoms with van der Waals surface area (Å²) in [6.07, 6.45) is 2.86. The van der Waals surface area contributed by atoms with Crippen molar-refractivity contribution in [3.63, 3.8) is 0 Å². The van der Waals surface area contributed by atoms with Gasteiger partial charge in [-0.1, -0.05) is 0 Å². The van der Waals surface area contributed by atoms with Gasteiger partial charge in [-0.25, -0.2) is 4.79 Å². The Morgan fingerprint density at radius 3 is 3.00 bits per heavy atom. The fourth-order valence-corrected chi connectivity index (χ4v) is 2.93. The molecule has 1 atom stereocenters. The molecule has 0 aromatic carbocycles. The van der Waals surface area contributed by atoms with Gasteiger partial charge in [0.15, 0.2) is 0 Å². The van der Waals surface area contributed by atoms with Gasteiger partial charge in [0, 0.05) is 26.1 Å². The van der Waals surface area contributed by atoms with E-state index >= 15 is 0 Å². The van der Waals surface area contributed by atoms with Crippen molar-refractivity contribution >= 4 is 22.0 Å². The standard InChI is InChI=1S/C10H14BrN3O2/c1-13-9(8(11)5-12-13)7-3-2-4-14(6-7)10(15)16/h5,7H,2-4,6H2,1H3,(H,15,16). The number of hydrogen-bond donors (Lipinski definition) is 1. The molecule has 1 unspecified atom stereocenters. The molecular weight excluding hydrogens is 274 g/mol. The summed E-state index contributed by atoms with van der Waals surface area (Å²) >= 11 is 3.46. The highest BCUT2D eigenvalue weighted by Gasteiger charge is 2.27. The fraction of sp³-hybridized carbons (Fsp3) is 0.600. The minimum absolute atomic E-state index is 0.242. The molecule has 0 spiro atoms. The van der Waals surface area contributed by atoms with E-state index in [0.29, 0.717) is 13.1 Å². The molecular formula is C10H14BrN3O2. The van der Waals surface area contributed by atoms with Crippen molar-refractivity contribution < 1.29 is 9.90 Å². The van der Waals surface area contributed by atoms with E-state index in [2.05, 4.69) is 21.0 Å². The number of amides is 1. The third-order valence-corrected chi connectivity index (χ3v) is 3.63. The van der Waals surface area contributed by atoms with Gasteiger partial charge in [0.1, 0.15) is 0 Å². The molecule has 1 amide bonds. The summed E-state index contributed by atoms with van der Waals surface area (Å²) in [7, 11) is 1.89. The first-order valence-electron chi connectivity index (χ1n) is 5.25. The molecule has 1 aliphatic rings. The van der Waals surface area contributed by atoms with E-state index in [1.54, 1.807) is 6.20 Å². The molecule has 1 aromatic rings. The Labute approximate surface area is 102 Å². The first-order chi connectivity index (χ1) is 7.59. The zero-order valence-corrected chi connectivity index (χ0v) is 10.6. The molecule has 2 heterocycles. The second-order valence-electron chi connectivity index (χ2n) is 4.07. The lowest BCUT2D eigenvalue weighted by molar-refractivity contribution is 0.129. The Hall–Kier alpha value is -1.04. The van der Waals surface area contributed by atoms with E-state index < -0.39 is 6.09 Å². The number of rotatable bonds is 1. The normalized spacial score (nSPS) is 21.1. The summed E-state index contributed by atoms with van der Waals surface area (Å²) in [5, 5.41) is 13.1. The molecule has 6 heteroatoms. The molecule has 0 saturated carbocycles. The van der Waals surface area contributed by atoms with Crippen LogP contribution in [0.5, 0.6) is 0 Å². The SMILES string of the molecule is Cn1ncc(Br)c1C1CCCN(C(=O)O)C1. The number of aromatic nitrogens is 2. The van der Waals surface area contributed by atoms with Gasteiger partial charge < -0.3 is 10.0 Å². The summed E-state index contributed by atoms with van der Waals surface area (Å²) in [6.45, 7) is 1.20. The van der Waals surface area contributed by atoms with Crippen molar-refractivity contribution in [1.29, 1.82) is 0 Å². The molecule has 1 fully saturated rings. The maximum absolute atomic E-state index is 10.9. The summed E-state index contributed by atoms with van der Waals surface area (Å²) in [6, 6.07) is 0. The van der Waals surface area contributed by atoms with Crippen molar-refractivity contribution in [3.8, 4) is 0 Å². The number of aryl methyl sites for hydroxylation is 1. The highest BCUT2D eigenvalue weighted by Crippen LogP contribution is 2.31. The Balaban J connectivity index is 2.19. The number of carbonyl (C=O) groups is 1. The second-order valence-corrected chi connectivity index (χ2v) is 4.92. The van der Waals surface area contributed by atoms with E-state index in [1.807, 2.05) is 11.7 Å². The average Bonchev–Trinajstić information content (AvgIpc) is 2.59. The lowest BCUT2D eigenvalue weighted by Gasteiger charge is -2.30. The summed E-state index contributed by atoms with van der Waals surface area (Å²) < 4.78 is 2.78. The number of nitrogens with zero attached hydrogens (tertiary/aromatic N) is 3. The summed E-state index contributed by atoms with van der Waals surface area (Å²) in [4.78, 5) is 12.4. The lowest BCUT2D eigenvalue weighted by atomic mass is 9.95. The minimum atomic E-state index is -0.831. The monoisotopic (exact) mass is 287 g/mol. The van der Waals surface area contributed by atoms with Crippen molar-refractivity contribution in [2.24, 2.45) is 7.05 Å². The molecule has 2 rings (SSSR count). The van der Waals surface area contributed by atoms with Crippen LogP contribution in [0, 0.1) is 0 Å². The highest BCUT2D eigenvalue weighted by molar-refractivity contribution is 9.10. The number of piperidine rings is 1.